The van der Waals surface area contributed by atoms with Gasteiger partial charge < -0.3 is 29.5 Å². The Hall–Kier alpha value is -1.32. The first-order valence-corrected chi connectivity index (χ1v) is 3.95. The molecule has 0 spiro atoms. The third-order valence-corrected chi connectivity index (χ3v) is 1.05. The zero-order valence-electron chi connectivity index (χ0n) is 9.84. The van der Waals surface area contributed by atoms with Gasteiger partial charge in [0.2, 0.25) is 0 Å². The average molecular weight is 351 g/mol. The van der Waals surface area contributed by atoms with Crippen LogP contribution in [0.2, 0.25) is 0 Å². The Morgan fingerprint density at radius 2 is 1.12 bits per heavy atom. The summed E-state index contributed by atoms with van der Waals surface area (Å²) in [6.07, 6.45) is 0. The van der Waals surface area contributed by atoms with Crippen molar-refractivity contribution < 1.29 is 29.5 Å². The van der Waals surface area contributed by atoms with E-state index in [1.54, 1.807) is 0 Å². The Kier molecular flexibility index (Phi) is 15.8. The summed E-state index contributed by atoms with van der Waals surface area (Å²) in [5.41, 5.74) is -0.319. The minimum absolute atomic E-state index is 0. The molecule has 8 nitrogen and oxygen atoms in total. The molecule has 0 aromatic rings. The van der Waals surface area contributed by atoms with Gasteiger partial charge in [0.1, 0.15) is 14.2 Å². The van der Waals surface area contributed by atoms with Crippen LogP contribution in [0.1, 0.15) is 13.8 Å². The number of carbonyl (C=O) groups is 2. The molecular formula is C8H12N2O6Sn. The van der Waals surface area contributed by atoms with E-state index in [4.69, 9.17) is 0 Å². The largest absolute Gasteiger partial charge is 2.00 e. The number of nitrogens with zero attached hydrogens (tertiary/aromatic N) is 2. The molecular weight excluding hydrogens is 339 g/mol. The predicted molar refractivity (Wildman–Crippen MR) is 56.0 cm³/mol. The first-order chi connectivity index (χ1) is 7.36. The minimum Gasteiger partial charge on any atom is -0.543 e. The molecule has 0 heterocycles. The standard InChI is InChI=1S/2C4H7NO3.Sn/c2*1-3(4(6)7)5-8-2;/h2*1-2H3,(H,6,7);/q;;+2/p-2. The summed E-state index contributed by atoms with van der Waals surface area (Å²) in [5.74, 6) is -2.63. The first-order valence-electron chi connectivity index (χ1n) is 3.95. The SMILES string of the molecule is CON=C(C)C(=O)[O-].CON=C(C)C(=O)[O-].[Sn+2]. The van der Waals surface area contributed by atoms with E-state index in [0.29, 0.717) is 0 Å². The van der Waals surface area contributed by atoms with E-state index in [9.17, 15) is 19.8 Å². The van der Waals surface area contributed by atoms with Crippen LogP contribution in [-0.4, -0.2) is 61.5 Å². The molecule has 0 saturated carbocycles. The molecule has 0 rings (SSSR count). The number of carboxylic acid groups (broad SMARTS) is 2. The Morgan fingerprint density at radius 1 is 0.882 bits per heavy atom. The average Bonchev–Trinajstić information content (AvgIpc) is 2.19. The zero-order chi connectivity index (χ0) is 13.1. The Labute approximate surface area is 115 Å². The van der Waals surface area contributed by atoms with E-state index >= 15 is 0 Å². The maximum Gasteiger partial charge on any atom is 2.00 e. The molecule has 0 aromatic carbocycles. The number of hydrogen-bond donors (Lipinski definition) is 0. The van der Waals surface area contributed by atoms with Gasteiger partial charge in [-0.25, -0.2) is 0 Å². The van der Waals surface area contributed by atoms with Crippen LogP contribution in [0.25, 0.3) is 0 Å². The third-order valence-electron chi connectivity index (χ3n) is 1.05. The molecule has 0 fully saturated rings. The van der Waals surface area contributed by atoms with Crippen LogP contribution < -0.4 is 10.2 Å². The van der Waals surface area contributed by atoms with Gasteiger partial charge in [-0.3, -0.25) is 0 Å². The molecule has 0 bridgehead atoms. The fourth-order valence-corrected chi connectivity index (χ4v) is 0.348. The van der Waals surface area contributed by atoms with Crippen LogP contribution in [0.3, 0.4) is 0 Å². The van der Waals surface area contributed by atoms with E-state index in [1.807, 2.05) is 0 Å². The molecule has 9 heteroatoms. The molecule has 0 amide bonds. The Balaban J connectivity index is -0.000000218. The van der Waals surface area contributed by atoms with E-state index < -0.39 is 11.9 Å². The van der Waals surface area contributed by atoms with Gasteiger partial charge in [-0.1, -0.05) is 10.3 Å². The van der Waals surface area contributed by atoms with Crippen molar-refractivity contribution in [1.29, 1.82) is 0 Å². The smallest absolute Gasteiger partial charge is 0.543 e. The summed E-state index contributed by atoms with van der Waals surface area (Å²) in [5, 5.41) is 25.7. The van der Waals surface area contributed by atoms with Crippen LogP contribution >= 0.6 is 0 Å². The van der Waals surface area contributed by atoms with E-state index in [1.165, 1.54) is 28.1 Å². The van der Waals surface area contributed by atoms with E-state index in [0.717, 1.165) is 0 Å². The number of hydrogen-bond acceptors (Lipinski definition) is 8. The Bertz CT molecular complexity index is 272. The van der Waals surface area contributed by atoms with Crippen molar-refractivity contribution in [2.24, 2.45) is 10.3 Å². The molecule has 0 aliphatic carbocycles. The fraction of sp³-hybridized carbons (Fsp3) is 0.500. The van der Waals surface area contributed by atoms with Gasteiger partial charge in [-0.2, -0.15) is 0 Å². The maximum absolute atomic E-state index is 9.77. The van der Waals surface area contributed by atoms with E-state index in [2.05, 4.69) is 20.0 Å². The van der Waals surface area contributed by atoms with Crippen LogP contribution in [0.5, 0.6) is 0 Å². The van der Waals surface area contributed by atoms with E-state index in [-0.39, 0.29) is 35.3 Å². The minimum atomic E-state index is -1.31. The van der Waals surface area contributed by atoms with Crippen molar-refractivity contribution in [1.82, 2.24) is 0 Å². The predicted octanol–water partition coefficient (Wildman–Crippen LogP) is -2.86. The van der Waals surface area contributed by atoms with Crippen molar-refractivity contribution in [2.45, 2.75) is 13.8 Å². The molecule has 17 heavy (non-hydrogen) atoms. The van der Waals surface area contributed by atoms with Crippen molar-refractivity contribution in [3.63, 3.8) is 0 Å². The molecule has 0 atom stereocenters. The van der Waals surface area contributed by atoms with Gasteiger partial charge in [0.15, 0.2) is 0 Å². The van der Waals surface area contributed by atoms with Crippen LogP contribution in [-0.2, 0) is 19.3 Å². The van der Waals surface area contributed by atoms with Crippen molar-refractivity contribution in [3.05, 3.63) is 0 Å². The molecule has 0 aliphatic heterocycles. The fourth-order valence-electron chi connectivity index (χ4n) is 0.348. The molecule has 0 N–H and O–H groups in total. The summed E-state index contributed by atoms with van der Waals surface area (Å²) in [4.78, 5) is 27.8. The number of oxime groups is 2. The molecule has 0 saturated heterocycles. The molecule has 0 aliphatic rings. The van der Waals surface area contributed by atoms with Crippen molar-refractivity contribution in [2.75, 3.05) is 14.2 Å². The van der Waals surface area contributed by atoms with Gasteiger partial charge >= 0.3 is 23.9 Å². The second-order valence-electron chi connectivity index (χ2n) is 2.29. The van der Waals surface area contributed by atoms with Crippen molar-refractivity contribution in [3.8, 4) is 0 Å². The normalized spacial score (nSPS) is 10.4. The number of carbonyl (C=O) groups excluding carboxylic acids is 2. The molecule has 2 radical (unpaired) electrons. The third kappa shape index (κ3) is 14.7. The topological polar surface area (TPSA) is 123 Å². The Morgan fingerprint density at radius 3 is 1.18 bits per heavy atom. The first kappa shape index (κ1) is 21.0. The van der Waals surface area contributed by atoms with Crippen molar-refractivity contribution >= 4 is 47.3 Å². The second kappa shape index (κ2) is 12.7. The van der Waals surface area contributed by atoms with Gasteiger partial charge in [0.25, 0.3) is 0 Å². The zero-order valence-corrected chi connectivity index (χ0v) is 12.7. The summed E-state index contributed by atoms with van der Waals surface area (Å²) in [6, 6.07) is 0. The van der Waals surface area contributed by atoms with Gasteiger partial charge in [-0.05, 0) is 13.8 Å². The van der Waals surface area contributed by atoms with Crippen LogP contribution in [0, 0.1) is 0 Å². The summed E-state index contributed by atoms with van der Waals surface area (Å²) in [6.45, 7) is 2.58. The van der Waals surface area contributed by atoms with Crippen LogP contribution in [0.4, 0.5) is 0 Å². The van der Waals surface area contributed by atoms with Gasteiger partial charge in [0, 0.05) is 0 Å². The van der Waals surface area contributed by atoms with Gasteiger partial charge in [0.05, 0.1) is 23.4 Å². The number of rotatable bonds is 4. The summed E-state index contributed by atoms with van der Waals surface area (Å²) >= 11 is 0. The molecule has 0 aromatic heterocycles. The summed E-state index contributed by atoms with van der Waals surface area (Å²) in [7, 11) is 2.54. The monoisotopic (exact) mass is 352 g/mol. The van der Waals surface area contributed by atoms with Gasteiger partial charge in [-0.15, -0.1) is 0 Å². The summed E-state index contributed by atoms with van der Waals surface area (Å²) < 4.78 is 0. The number of carboxylic acids is 2. The molecule has 0 unspecified atom stereocenters. The second-order valence-corrected chi connectivity index (χ2v) is 2.29. The van der Waals surface area contributed by atoms with Crippen LogP contribution in [0.15, 0.2) is 10.3 Å². The number of aliphatic carboxylic acids is 2. The quantitative estimate of drug-likeness (QED) is 0.305. The molecule has 94 valence electrons. The maximum atomic E-state index is 9.77.